The van der Waals surface area contributed by atoms with Crippen LogP contribution in [-0.4, -0.2) is 0 Å². The highest BCUT2D eigenvalue weighted by Crippen LogP contribution is 2.38. The van der Waals surface area contributed by atoms with Crippen molar-refractivity contribution in [1.29, 1.82) is 0 Å². The monoisotopic (exact) mass is 188 g/mol. The molecule has 0 heteroatoms. The van der Waals surface area contributed by atoms with Gasteiger partial charge < -0.3 is 0 Å². The molecule has 2 rings (SSSR count). The molecule has 1 unspecified atom stereocenters. The molecule has 76 valence electrons. The first-order valence-electron chi connectivity index (χ1n) is 5.96. The van der Waals surface area contributed by atoms with E-state index in [2.05, 4.69) is 37.3 Å². The molecule has 0 aromatic heterocycles. The van der Waals surface area contributed by atoms with Crippen molar-refractivity contribution in [1.82, 2.24) is 0 Å². The van der Waals surface area contributed by atoms with Gasteiger partial charge in [0.2, 0.25) is 0 Å². The third-order valence-electron chi connectivity index (χ3n) is 3.64. The standard InChI is InChI=1S/C14H20/c1-2-14(13-10-6-7-11-13)12-8-4-3-5-9-12/h3-5,8-9,13-14H,2,6-7,10-11H2,1H3. The van der Waals surface area contributed by atoms with Gasteiger partial charge in [0.05, 0.1) is 0 Å². The summed E-state index contributed by atoms with van der Waals surface area (Å²) < 4.78 is 0. The SMILES string of the molecule is CCC(c1ccccc1)C1CCCC1. The Bertz CT molecular complexity index is 257. The lowest BCUT2D eigenvalue weighted by Crippen LogP contribution is -2.08. The second kappa shape index (κ2) is 4.63. The van der Waals surface area contributed by atoms with E-state index in [-0.39, 0.29) is 0 Å². The lowest BCUT2D eigenvalue weighted by Gasteiger charge is -2.22. The van der Waals surface area contributed by atoms with Crippen LogP contribution in [0.25, 0.3) is 0 Å². The smallest absolute Gasteiger partial charge is 0.0136 e. The number of hydrogen-bond donors (Lipinski definition) is 0. The third kappa shape index (κ3) is 2.00. The molecule has 1 aliphatic carbocycles. The van der Waals surface area contributed by atoms with Gasteiger partial charge in [0.25, 0.3) is 0 Å². The van der Waals surface area contributed by atoms with Crippen molar-refractivity contribution in [2.45, 2.75) is 44.9 Å². The molecular formula is C14H20. The number of hydrogen-bond acceptors (Lipinski definition) is 0. The van der Waals surface area contributed by atoms with Gasteiger partial charge in [-0.3, -0.25) is 0 Å². The van der Waals surface area contributed by atoms with Gasteiger partial charge in [0, 0.05) is 0 Å². The Hall–Kier alpha value is -0.780. The summed E-state index contributed by atoms with van der Waals surface area (Å²) in [7, 11) is 0. The maximum Gasteiger partial charge on any atom is -0.0136 e. The molecule has 0 heterocycles. The van der Waals surface area contributed by atoms with Gasteiger partial charge in [0.15, 0.2) is 0 Å². The van der Waals surface area contributed by atoms with E-state index in [0.717, 1.165) is 11.8 Å². The molecular weight excluding hydrogens is 168 g/mol. The van der Waals surface area contributed by atoms with Crippen LogP contribution in [0.4, 0.5) is 0 Å². The fourth-order valence-electron chi connectivity index (χ4n) is 2.90. The minimum atomic E-state index is 0.818. The van der Waals surface area contributed by atoms with E-state index in [0.29, 0.717) is 0 Å². The van der Waals surface area contributed by atoms with Crippen LogP contribution < -0.4 is 0 Å². The quantitative estimate of drug-likeness (QED) is 0.660. The molecule has 1 aromatic carbocycles. The molecule has 14 heavy (non-hydrogen) atoms. The van der Waals surface area contributed by atoms with Crippen LogP contribution in [0.15, 0.2) is 30.3 Å². The second-order valence-corrected chi connectivity index (χ2v) is 4.47. The third-order valence-corrected chi connectivity index (χ3v) is 3.64. The predicted molar refractivity (Wildman–Crippen MR) is 61.4 cm³/mol. The summed E-state index contributed by atoms with van der Waals surface area (Å²) in [6.07, 6.45) is 7.11. The van der Waals surface area contributed by atoms with Crippen LogP contribution in [0.2, 0.25) is 0 Å². The zero-order chi connectivity index (χ0) is 9.80. The zero-order valence-corrected chi connectivity index (χ0v) is 9.08. The minimum absolute atomic E-state index is 0.818. The first kappa shape index (κ1) is 9.76. The molecule has 0 spiro atoms. The number of rotatable bonds is 3. The normalized spacial score (nSPS) is 19.8. The summed E-state index contributed by atoms with van der Waals surface area (Å²) in [5, 5.41) is 0. The van der Waals surface area contributed by atoms with E-state index in [1.807, 2.05) is 0 Å². The maximum atomic E-state index is 2.33. The van der Waals surface area contributed by atoms with Crippen LogP contribution in [0, 0.1) is 5.92 Å². The first-order chi connectivity index (χ1) is 6.92. The summed E-state index contributed by atoms with van der Waals surface area (Å²) in [5.74, 6) is 1.78. The molecule has 1 fully saturated rings. The van der Waals surface area contributed by atoms with E-state index in [1.165, 1.54) is 32.1 Å². The Kier molecular flexibility index (Phi) is 3.23. The van der Waals surface area contributed by atoms with E-state index < -0.39 is 0 Å². The Morgan fingerprint density at radius 2 is 1.79 bits per heavy atom. The van der Waals surface area contributed by atoms with Crippen molar-refractivity contribution < 1.29 is 0 Å². The molecule has 1 aromatic rings. The fraction of sp³-hybridized carbons (Fsp3) is 0.571. The van der Waals surface area contributed by atoms with Crippen molar-refractivity contribution in [3.63, 3.8) is 0 Å². The number of benzene rings is 1. The van der Waals surface area contributed by atoms with Crippen molar-refractivity contribution in [3.8, 4) is 0 Å². The van der Waals surface area contributed by atoms with Crippen LogP contribution in [-0.2, 0) is 0 Å². The lowest BCUT2D eigenvalue weighted by atomic mass is 9.83. The molecule has 1 saturated carbocycles. The van der Waals surface area contributed by atoms with Gasteiger partial charge in [-0.15, -0.1) is 0 Å². The predicted octanol–water partition coefficient (Wildman–Crippen LogP) is 4.37. The summed E-state index contributed by atoms with van der Waals surface area (Å²) in [5.41, 5.74) is 1.56. The summed E-state index contributed by atoms with van der Waals surface area (Å²) >= 11 is 0. The molecule has 0 saturated heterocycles. The van der Waals surface area contributed by atoms with Gasteiger partial charge in [0.1, 0.15) is 0 Å². The average Bonchev–Trinajstić information content (AvgIpc) is 2.74. The van der Waals surface area contributed by atoms with Gasteiger partial charge >= 0.3 is 0 Å². The molecule has 1 aliphatic rings. The summed E-state index contributed by atoms with van der Waals surface area (Å²) in [6, 6.07) is 11.1. The van der Waals surface area contributed by atoms with Gasteiger partial charge in [-0.2, -0.15) is 0 Å². The van der Waals surface area contributed by atoms with Crippen LogP contribution in [0.1, 0.15) is 50.5 Å². The molecule has 0 nitrogen and oxygen atoms in total. The van der Waals surface area contributed by atoms with Gasteiger partial charge in [-0.1, -0.05) is 50.1 Å². The van der Waals surface area contributed by atoms with E-state index >= 15 is 0 Å². The van der Waals surface area contributed by atoms with Crippen LogP contribution >= 0.6 is 0 Å². The van der Waals surface area contributed by atoms with Crippen LogP contribution in [0.5, 0.6) is 0 Å². The van der Waals surface area contributed by atoms with E-state index in [4.69, 9.17) is 0 Å². The Morgan fingerprint density at radius 3 is 2.36 bits per heavy atom. The average molecular weight is 188 g/mol. The Morgan fingerprint density at radius 1 is 1.14 bits per heavy atom. The Balaban J connectivity index is 2.12. The van der Waals surface area contributed by atoms with Gasteiger partial charge in [-0.25, -0.2) is 0 Å². The van der Waals surface area contributed by atoms with Gasteiger partial charge in [-0.05, 0) is 36.7 Å². The van der Waals surface area contributed by atoms with Crippen molar-refractivity contribution >= 4 is 0 Å². The molecule has 0 N–H and O–H groups in total. The highest BCUT2D eigenvalue weighted by Gasteiger charge is 2.24. The molecule has 1 atom stereocenters. The van der Waals surface area contributed by atoms with Crippen molar-refractivity contribution in [3.05, 3.63) is 35.9 Å². The first-order valence-corrected chi connectivity index (χ1v) is 5.96. The summed E-state index contributed by atoms with van der Waals surface area (Å²) in [4.78, 5) is 0. The topological polar surface area (TPSA) is 0 Å². The highest BCUT2D eigenvalue weighted by molar-refractivity contribution is 5.20. The molecule has 0 bridgehead atoms. The summed E-state index contributed by atoms with van der Waals surface area (Å²) in [6.45, 7) is 2.33. The second-order valence-electron chi connectivity index (χ2n) is 4.47. The fourth-order valence-corrected chi connectivity index (χ4v) is 2.90. The maximum absolute atomic E-state index is 2.33. The molecule has 0 amide bonds. The Labute approximate surface area is 87.3 Å². The molecule has 0 aliphatic heterocycles. The van der Waals surface area contributed by atoms with E-state index in [9.17, 15) is 0 Å². The minimum Gasteiger partial charge on any atom is -0.0648 e. The largest absolute Gasteiger partial charge is 0.0648 e. The molecule has 0 radical (unpaired) electrons. The highest BCUT2D eigenvalue weighted by atomic mass is 14.3. The lowest BCUT2D eigenvalue weighted by molar-refractivity contribution is 0.424. The van der Waals surface area contributed by atoms with E-state index in [1.54, 1.807) is 5.56 Å². The van der Waals surface area contributed by atoms with Crippen molar-refractivity contribution in [2.24, 2.45) is 5.92 Å². The van der Waals surface area contributed by atoms with Crippen LogP contribution in [0.3, 0.4) is 0 Å². The zero-order valence-electron chi connectivity index (χ0n) is 9.08. The van der Waals surface area contributed by atoms with Crippen molar-refractivity contribution in [2.75, 3.05) is 0 Å².